The average molecular weight is 321 g/mol. The van der Waals surface area contributed by atoms with E-state index in [9.17, 15) is 18.4 Å². The molecule has 5 nitrogen and oxygen atoms in total. The molecule has 0 radical (unpaired) electrons. The molecule has 0 unspecified atom stereocenters. The fraction of sp³-hybridized carbons (Fsp3) is 0.250. The van der Waals surface area contributed by atoms with E-state index < -0.39 is 28.9 Å². The number of amides is 1. The van der Waals surface area contributed by atoms with E-state index in [2.05, 4.69) is 5.32 Å². The van der Waals surface area contributed by atoms with Gasteiger partial charge in [0, 0.05) is 24.1 Å². The molecular formula is C16H13F2NO4. The number of nitrogens with one attached hydrogen (secondary N) is 1. The van der Waals surface area contributed by atoms with Crippen LogP contribution in [0.15, 0.2) is 34.9 Å². The first-order valence-electron chi connectivity index (χ1n) is 6.97. The van der Waals surface area contributed by atoms with Gasteiger partial charge in [-0.1, -0.05) is 6.07 Å². The van der Waals surface area contributed by atoms with Crippen LogP contribution in [-0.2, 0) is 5.41 Å². The molecule has 1 aliphatic carbocycles. The van der Waals surface area contributed by atoms with Crippen LogP contribution in [0.3, 0.4) is 0 Å². The van der Waals surface area contributed by atoms with Gasteiger partial charge >= 0.3 is 5.97 Å². The van der Waals surface area contributed by atoms with Gasteiger partial charge in [0.1, 0.15) is 17.9 Å². The van der Waals surface area contributed by atoms with Gasteiger partial charge in [0.2, 0.25) is 0 Å². The molecular weight excluding hydrogens is 308 g/mol. The lowest BCUT2D eigenvalue weighted by Crippen LogP contribution is -2.32. The summed E-state index contributed by atoms with van der Waals surface area (Å²) in [6.45, 7) is 0.164. The van der Waals surface area contributed by atoms with Gasteiger partial charge in [-0.3, -0.25) is 4.79 Å². The Hall–Kier alpha value is -2.70. The van der Waals surface area contributed by atoms with Crippen LogP contribution in [0.1, 0.15) is 39.3 Å². The summed E-state index contributed by atoms with van der Waals surface area (Å²) in [6, 6.07) is 4.52. The highest BCUT2D eigenvalue weighted by molar-refractivity contribution is 5.95. The zero-order valence-corrected chi connectivity index (χ0v) is 11.9. The molecule has 1 aliphatic rings. The lowest BCUT2D eigenvalue weighted by Gasteiger charge is -2.17. The van der Waals surface area contributed by atoms with Crippen molar-refractivity contribution in [3.05, 3.63) is 59.1 Å². The number of hydrogen-bond donors (Lipinski definition) is 2. The van der Waals surface area contributed by atoms with Gasteiger partial charge in [-0.15, -0.1) is 0 Å². The molecule has 0 aliphatic heterocycles. The van der Waals surface area contributed by atoms with Gasteiger partial charge in [0.05, 0.1) is 5.56 Å². The second-order valence-corrected chi connectivity index (χ2v) is 5.59. The van der Waals surface area contributed by atoms with Crippen molar-refractivity contribution in [1.82, 2.24) is 5.32 Å². The summed E-state index contributed by atoms with van der Waals surface area (Å²) in [7, 11) is 0. The molecule has 0 spiro atoms. The van der Waals surface area contributed by atoms with E-state index in [1.165, 1.54) is 12.1 Å². The maximum absolute atomic E-state index is 13.9. The van der Waals surface area contributed by atoms with Gasteiger partial charge in [0.25, 0.3) is 5.91 Å². The molecule has 0 bridgehead atoms. The Kier molecular flexibility index (Phi) is 3.63. The Morgan fingerprint density at radius 3 is 2.57 bits per heavy atom. The number of carbonyl (C=O) groups is 2. The third-order valence-electron chi connectivity index (χ3n) is 4.01. The van der Waals surface area contributed by atoms with Gasteiger partial charge in [0.15, 0.2) is 5.76 Å². The minimum atomic E-state index is -1.19. The topological polar surface area (TPSA) is 79.5 Å². The molecule has 3 rings (SSSR count). The lowest BCUT2D eigenvalue weighted by molar-refractivity contribution is 0.0696. The smallest absolute Gasteiger partial charge is 0.338 e. The monoisotopic (exact) mass is 321 g/mol. The molecule has 0 atom stereocenters. The highest BCUT2D eigenvalue weighted by atomic mass is 19.1. The largest absolute Gasteiger partial charge is 0.478 e. The van der Waals surface area contributed by atoms with Crippen LogP contribution in [-0.4, -0.2) is 23.5 Å². The summed E-state index contributed by atoms with van der Waals surface area (Å²) in [5.41, 5.74) is -0.305. The molecule has 1 aromatic carbocycles. The molecule has 1 aromatic heterocycles. The van der Waals surface area contributed by atoms with E-state index in [0.717, 1.165) is 18.4 Å². The maximum Gasteiger partial charge on any atom is 0.338 e. The normalized spacial score (nSPS) is 15.2. The lowest BCUT2D eigenvalue weighted by atomic mass is 9.95. The zero-order chi connectivity index (χ0) is 16.6. The summed E-state index contributed by atoms with van der Waals surface area (Å²) in [4.78, 5) is 22.7. The fourth-order valence-electron chi connectivity index (χ4n) is 2.52. The summed E-state index contributed by atoms with van der Waals surface area (Å²) < 4.78 is 31.8. The van der Waals surface area contributed by atoms with Crippen molar-refractivity contribution in [3.8, 4) is 0 Å². The third kappa shape index (κ3) is 2.94. The highest BCUT2D eigenvalue weighted by Gasteiger charge is 2.46. The highest BCUT2D eigenvalue weighted by Crippen LogP contribution is 2.48. The minimum absolute atomic E-state index is 0.124. The Balaban J connectivity index is 1.69. The number of benzene rings is 1. The molecule has 1 saturated carbocycles. The number of carbonyl (C=O) groups excluding carboxylic acids is 1. The van der Waals surface area contributed by atoms with Crippen LogP contribution in [0, 0.1) is 11.6 Å². The van der Waals surface area contributed by atoms with Gasteiger partial charge in [-0.25, -0.2) is 13.6 Å². The molecule has 2 aromatic rings. The number of furan rings is 1. The number of aromatic carboxylic acids is 1. The quantitative estimate of drug-likeness (QED) is 0.887. The first-order chi connectivity index (χ1) is 10.9. The standard InChI is InChI=1S/C16H13F2NO4/c17-10-1-2-11(12(18)6-10)16(3-4-16)8-19-14(20)13-5-9(7-23-13)15(21)22/h1-2,5-7H,3-4,8H2,(H,19,20)(H,21,22). The van der Waals surface area contributed by atoms with Gasteiger partial charge < -0.3 is 14.8 Å². The van der Waals surface area contributed by atoms with Crippen molar-refractivity contribution < 1.29 is 27.9 Å². The van der Waals surface area contributed by atoms with Crippen LogP contribution >= 0.6 is 0 Å². The molecule has 1 fully saturated rings. The van der Waals surface area contributed by atoms with Crippen LogP contribution < -0.4 is 5.32 Å². The molecule has 0 saturated heterocycles. The molecule has 1 heterocycles. The van der Waals surface area contributed by atoms with E-state index in [1.807, 2.05) is 0 Å². The van der Waals surface area contributed by atoms with E-state index in [4.69, 9.17) is 9.52 Å². The second kappa shape index (κ2) is 5.49. The van der Waals surface area contributed by atoms with Crippen molar-refractivity contribution in [2.75, 3.05) is 6.54 Å². The van der Waals surface area contributed by atoms with E-state index in [1.54, 1.807) is 0 Å². The van der Waals surface area contributed by atoms with Crippen molar-refractivity contribution in [2.24, 2.45) is 0 Å². The maximum atomic E-state index is 13.9. The van der Waals surface area contributed by atoms with Crippen molar-refractivity contribution >= 4 is 11.9 Å². The third-order valence-corrected chi connectivity index (χ3v) is 4.01. The molecule has 2 N–H and O–H groups in total. The molecule has 23 heavy (non-hydrogen) atoms. The summed E-state index contributed by atoms with van der Waals surface area (Å²) in [6.07, 6.45) is 2.33. The summed E-state index contributed by atoms with van der Waals surface area (Å²) in [5.74, 6) is -3.19. The van der Waals surface area contributed by atoms with Crippen molar-refractivity contribution in [2.45, 2.75) is 18.3 Å². The van der Waals surface area contributed by atoms with E-state index >= 15 is 0 Å². The average Bonchev–Trinajstić information content (AvgIpc) is 3.10. The minimum Gasteiger partial charge on any atom is -0.478 e. The molecule has 1 amide bonds. The number of halogens is 2. The Morgan fingerprint density at radius 1 is 1.26 bits per heavy atom. The Bertz CT molecular complexity index is 780. The number of rotatable bonds is 5. The van der Waals surface area contributed by atoms with Gasteiger partial charge in [-0.05, 0) is 24.5 Å². The van der Waals surface area contributed by atoms with E-state index in [0.29, 0.717) is 18.4 Å². The van der Waals surface area contributed by atoms with Crippen LogP contribution in [0.25, 0.3) is 0 Å². The molecule has 120 valence electrons. The number of carboxylic acid groups (broad SMARTS) is 1. The summed E-state index contributed by atoms with van der Waals surface area (Å²) in [5, 5.41) is 11.4. The van der Waals surface area contributed by atoms with Crippen molar-refractivity contribution in [1.29, 1.82) is 0 Å². The first kappa shape index (κ1) is 15.2. The zero-order valence-electron chi connectivity index (χ0n) is 11.9. The predicted octanol–water partition coefficient (Wildman–Crippen LogP) is 2.72. The number of carboxylic acids is 1. The van der Waals surface area contributed by atoms with E-state index in [-0.39, 0.29) is 17.9 Å². The second-order valence-electron chi connectivity index (χ2n) is 5.59. The van der Waals surface area contributed by atoms with Gasteiger partial charge in [-0.2, -0.15) is 0 Å². The number of hydrogen-bond acceptors (Lipinski definition) is 3. The van der Waals surface area contributed by atoms with Crippen LogP contribution in [0.4, 0.5) is 8.78 Å². The van der Waals surface area contributed by atoms with Crippen molar-refractivity contribution in [3.63, 3.8) is 0 Å². The fourth-order valence-corrected chi connectivity index (χ4v) is 2.52. The Morgan fingerprint density at radius 2 is 2.00 bits per heavy atom. The van der Waals surface area contributed by atoms with Crippen LogP contribution in [0.2, 0.25) is 0 Å². The predicted molar refractivity (Wildman–Crippen MR) is 75.3 cm³/mol. The van der Waals surface area contributed by atoms with Crippen LogP contribution in [0.5, 0.6) is 0 Å². The summed E-state index contributed by atoms with van der Waals surface area (Å²) >= 11 is 0. The Labute approximate surface area is 129 Å². The molecule has 7 heteroatoms. The first-order valence-corrected chi connectivity index (χ1v) is 6.97. The SMILES string of the molecule is O=C(O)c1coc(C(=O)NCC2(c3ccc(F)cc3F)CC2)c1.